The van der Waals surface area contributed by atoms with Gasteiger partial charge < -0.3 is 19.7 Å². The number of carbonyl (C=O) groups is 2. The van der Waals surface area contributed by atoms with Crippen LogP contribution in [0, 0.1) is 0 Å². The van der Waals surface area contributed by atoms with Gasteiger partial charge in [-0.1, -0.05) is 24.3 Å². The summed E-state index contributed by atoms with van der Waals surface area (Å²) < 4.78 is 11.7. The summed E-state index contributed by atoms with van der Waals surface area (Å²) in [5.41, 5.74) is 1.11. The number of anilines is 1. The highest BCUT2D eigenvalue weighted by Crippen LogP contribution is 2.22. The van der Waals surface area contributed by atoms with Crippen LogP contribution < -0.4 is 10.1 Å². The molecule has 3 rings (SSSR count). The van der Waals surface area contributed by atoms with Crippen molar-refractivity contribution < 1.29 is 19.1 Å². The van der Waals surface area contributed by atoms with E-state index in [2.05, 4.69) is 21.2 Å². The smallest absolute Gasteiger partial charge is 0.262 e. The van der Waals surface area contributed by atoms with Crippen LogP contribution in [0.2, 0.25) is 0 Å². The minimum atomic E-state index is -0.300. The average molecular weight is 419 g/mol. The first-order valence-corrected chi connectivity index (χ1v) is 9.07. The first-order chi connectivity index (χ1) is 12.6. The minimum absolute atomic E-state index is 0.116. The largest absolute Gasteiger partial charge is 0.483 e. The Labute approximate surface area is 160 Å². The molecule has 6 nitrogen and oxygen atoms in total. The van der Waals surface area contributed by atoms with Crippen molar-refractivity contribution in [1.82, 2.24) is 4.90 Å². The van der Waals surface area contributed by atoms with Gasteiger partial charge in [-0.3, -0.25) is 9.59 Å². The molecule has 0 bridgehead atoms. The van der Waals surface area contributed by atoms with Crippen LogP contribution in [0.5, 0.6) is 5.75 Å². The molecular formula is C19H19BrN2O4. The van der Waals surface area contributed by atoms with Crippen molar-refractivity contribution in [2.75, 3.05) is 38.2 Å². The fourth-order valence-corrected chi connectivity index (χ4v) is 2.98. The lowest BCUT2D eigenvalue weighted by atomic mass is 10.1. The summed E-state index contributed by atoms with van der Waals surface area (Å²) in [4.78, 5) is 26.6. The van der Waals surface area contributed by atoms with Crippen LogP contribution in [0.3, 0.4) is 0 Å². The summed E-state index contributed by atoms with van der Waals surface area (Å²) in [7, 11) is 0. The molecule has 0 unspecified atom stereocenters. The van der Waals surface area contributed by atoms with E-state index in [4.69, 9.17) is 9.47 Å². The van der Waals surface area contributed by atoms with Crippen molar-refractivity contribution in [3.05, 3.63) is 58.6 Å². The summed E-state index contributed by atoms with van der Waals surface area (Å²) in [6, 6.07) is 14.3. The second-order valence-corrected chi connectivity index (χ2v) is 6.57. The number of morpholine rings is 1. The topological polar surface area (TPSA) is 67.9 Å². The van der Waals surface area contributed by atoms with Crippen LogP contribution in [-0.4, -0.2) is 49.6 Å². The number of ether oxygens (including phenoxy) is 2. The normalized spacial score (nSPS) is 14.0. The fraction of sp³-hybridized carbons (Fsp3) is 0.263. The fourth-order valence-electron chi connectivity index (χ4n) is 2.60. The van der Waals surface area contributed by atoms with E-state index in [9.17, 15) is 9.59 Å². The van der Waals surface area contributed by atoms with E-state index in [1.807, 2.05) is 18.2 Å². The Morgan fingerprint density at radius 1 is 1.08 bits per heavy atom. The van der Waals surface area contributed by atoms with Gasteiger partial charge in [0, 0.05) is 17.6 Å². The van der Waals surface area contributed by atoms with Gasteiger partial charge in [0.2, 0.25) is 0 Å². The summed E-state index contributed by atoms with van der Waals surface area (Å²) >= 11 is 3.38. The van der Waals surface area contributed by atoms with Crippen LogP contribution in [0.1, 0.15) is 10.4 Å². The lowest BCUT2D eigenvalue weighted by molar-refractivity contribution is -0.118. The highest BCUT2D eigenvalue weighted by atomic mass is 79.9. The third-order valence-electron chi connectivity index (χ3n) is 3.92. The second kappa shape index (κ2) is 8.82. The zero-order valence-corrected chi connectivity index (χ0v) is 15.7. The van der Waals surface area contributed by atoms with E-state index in [0.29, 0.717) is 43.3 Å². The predicted molar refractivity (Wildman–Crippen MR) is 101 cm³/mol. The number of amides is 2. The minimum Gasteiger partial charge on any atom is -0.483 e. The number of benzene rings is 2. The van der Waals surface area contributed by atoms with Crippen molar-refractivity contribution in [3.8, 4) is 5.75 Å². The van der Waals surface area contributed by atoms with Gasteiger partial charge in [0.15, 0.2) is 6.61 Å². The Bertz CT molecular complexity index is 791. The molecule has 0 aromatic heterocycles. The van der Waals surface area contributed by atoms with Crippen molar-refractivity contribution in [2.24, 2.45) is 0 Å². The number of halogens is 1. The van der Waals surface area contributed by atoms with Crippen molar-refractivity contribution >= 4 is 33.4 Å². The zero-order valence-electron chi connectivity index (χ0n) is 14.1. The Kier molecular flexibility index (Phi) is 6.25. The molecule has 1 fully saturated rings. The molecule has 2 aromatic carbocycles. The number of rotatable bonds is 5. The Hall–Kier alpha value is -2.38. The van der Waals surface area contributed by atoms with Gasteiger partial charge in [-0.15, -0.1) is 0 Å². The van der Waals surface area contributed by atoms with Gasteiger partial charge in [-0.05, 0) is 40.2 Å². The number of nitrogens with zero attached hydrogens (tertiary/aromatic N) is 1. The Morgan fingerprint density at radius 2 is 1.77 bits per heavy atom. The molecule has 2 amide bonds. The van der Waals surface area contributed by atoms with Gasteiger partial charge in [0.05, 0.1) is 24.5 Å². The highest BCUT2D eigenvalue weighted by molar-refractivity contribution is 9.10. The van der Waals surface area contributed by atoms with Crippen molar-refractivity contribution in [3.63, 3.8) is 0 Å². The van der Waals surface area contributed by atoms with Gasteiger partial charge >= 0.3 is 0 Å². The SMILES string of the molecule is O=C(COc1ccccc1C(=O)N1CCOCC1)Nc1ccccc1Br. The maximum Gasteiger partial charge on any atom is 0.262 e. The maximum absolute atomic E-state index is 12.7. The van der Waals surface area contributed by atoms with Crippen molar-refractivity contribution in [2.45, 2.75) is 0 Å². The number of para-hydroxylation sites is 2. The summed E-state index contributed by atoms with van der Waals surface area (Å²) in [5.74, 6) is -0.0214. The molecule has 0 saturated carbocycles. The first-order valence-electron chi connectivity index (χ1n) is 8.28. The first kappa shape index (κ1) is 18.4. The van der Waals surface area contributed by atoms with E-state index < -0.39 is 0 Å². The highest BCUT2D eigenvalue weighted by Gasteiger charge is 2.21. The lowest BCUT2D eigenvalue weighted by Gasteiger charge is -2.27. The second-order valence-electron chi connectivity index (χ2n) is 5.72. The molecule has 1 heterocycles. The quantitative estimate of drug-likeness (QED) is 0.810. The number of hydrogen-bond donors (Lipinski definition) is 1. The van der Waals surface area contributed by atoms with E-state index in [0.717, 1.165) is 4.47 Å². The monoisotopic (exact) mass is 418 g/mol. The van der Waals surface area contributed by atoms with Crippen LogP contribution in [0.15, 0.2) is 53.0 Å². The number of carbonyl (C=O) groups excluding carboxylic acids is 2. The molecule has 0 radical (unpaired) electrons. The standard InChI is InChI=1S/C19H19BrN2O4/c20-15-6-2-3-7-16(15)21-18(23)13-26-17-8-4-1-5-14(17)19(24)22-9-11-25-12-10-22/h1-8H,9-13H2,(H,21,23). The molecule has 1 aliphatic rings. The summed E-state index contributed by atoms with van der Waals surface area (Å²) in [6.45, 7) is 1.98. The Balaban J connectivity index is 1.64. The van der Waals surface area contributed by atoms with E-state index in [-0.39, 0.29) is 18.4 Å². The lowest BCUT2D eigenvalue weighted by Crippen LogP contribution is -2.40. The predicted octanol–water partition coefficient (Wildman–Crippen LogP) is 2.94. The van der Waals surface area contributed by atoms with E-state index in [1.165, 1.54) is 0 Å². The molecule has 26 heavy (non-hydrogen) atoms. The number of nitrogens with one attached hydrogen (secondary N) is 1. The van der Waals surface area contributed by atoms with Crippen LogP contribution >= 0.6 is 15.9 Å². The average Bonchev–Trinajstić information content (AvgIpc) is 2.68. The maximum atomic E-state index is 12.7. The third kappa shape index (κ3) is 4.62. The van der Waals surface area contributed by atoms with E-state index >= 15 is 0 Å². The molecule has 0 spiro atoms. The molecule has 136 valence electrons. The molecule has 1 saturated heterocycles. The van der Waals surface area contributed by atoms with Crippen LogP contribution in [-0.2, 0) is 9.53 Å². The molecule has 0 aliphatic carbocycles. The van der Waals surface area contributed by atoms with Gasteiger partial charge in [-0.25, -0.2) is 0 Å². The molecule has 2 aromatic rings. The molecule has 7 heteroatoms. The zero-order chi connectivity index (χ0) is 18.4. The summed E-state index contributed by atoms with van der Waals surface area (Å²) in [5, 5.41) is 2.77. The van der Waals surface area contributed by atoms with Crippen molar-refractivity contribution in [1.29, 1.82) is 0 Å². The van der Waals surface area contributed by atoms with Gasteiger partial charge in [0.1, 0.15) is 5.75 Å². The molecular weight excluding hydrogens is 400 g/mol. The number of hydrogen-bond acceptors (Lipinski definition) is 4. The van der Waals surface area contributed by atoms with Crippen LogP contribution in [0.4, 0.5) is 5.69 Å². The summed E-state index contributed by atoms with van der Waals surface area (Å²) in [6.07, 6.45) is 0. The van der Waals surface area contributed by atoms with Crippen LogP contribution in [0.25, 0.3) is 0 Å². The third-order valence-corrected chi connectivity index (χ3v) is 4.61. The van der Waals surface area contributed by atoms with E-state index in [1.54, 1.807) is 35.2 Å². The molecule has 0 atom stereocenters. The molecule has 1 N–H and O–H groups in total. The van der Waals surface area contributed by atoms with Gasteiger partial charge in [0.25, 0.3) is 11.8 Å². The van der Waals surface area contributed by atoms with Gasteiger partial charge in [-0.2, -0.15) is 0 Å². The molecule has 1 aliphatic heterocycles. The Morgan fingerprint density at radius 3 is 2.54 bits per heavy atom.